The SMILES string of the molecule is Cc1nnc(-c2c(C)nn3c(C(N)=O)cccc23)nc1NCc1cccc(B(O)O)c1. The van der Waals surface area contributed by atoms with Crippen LogP contribution in [-0.4, -0.2) is 47.9 Å². The van der Waals surface area contributed by atoms with Crippen molar-refractivity contribution in [3.8, 4) is 11.4 Å². The van der Waals surface area contributed by atoms with E-state index in [1.165, 1.54) is 4.52 Å². The molecule has 0 unspecified atom stereocenters. The Kier molecular flexibility index (Phi) is 5.36. The molecule has 1 aromatic carbocycles. The molecule has 11 heteroatoms. The van der Waals surface area contributed by atoms with Gasteiger partial charge in [0.15, 0.2) is 11.6 Å². The normalized spacial score (nSPS) is 11.0. The molecule has 4 rings (SSSR count). The van der Waals surface area contributed by atoms with Gasteiger partial charge in [0.2, 0.25) is 0 Å². The molecule has 0 aliphatic carbocycles. The fourth-order valence-corrected chi connectivity index (χ4v) is 3.35. The molecule has 1 amide bonds. The van der Waals surface area contributed by atoms with Crippen LogP contribution < -0.4 is 16.5 Å². The summed E-state index contributed by atoms with van der Waals surface area (Å²) >= 11 is 0. The van der Waals surface area contributed by atoms with E-state index in [9.17, 15) is 14.8 Å². The lowest BCUT2D eigenvalue weighted by molar-refractivity contribution is 0.0993. The molecule has 0 radical (unpaired) electrons. The number of primary amides is 1. The Morgan fingerprint density at radius 2 is 1.90 bits per heavy atom. The molecule has 0 aliphatic heterocycles. The van der Waals surface area contributed by atoms with Gasteiger partial charge in [-0.25, -0.2) is 9.50 Å². The van der Waals surface area contributed by atoms with Gasteiger partial charge in [0.05, 0.1) is 16.8 Å². The fraction of sp³-hybridized carbons (Fsp3) is 0.150. The number of pyridine rings is 1. The van der Waals surface area contributed by atoms with Gasteiger partial charge in [0, 0.05) is 6.54 Å². The molecule has 0 atom stereocenters. The largest absolute Gasteiger partial charge is 0.488 e. The van der Waals surface area contributed by atoms with Gasteiger partial charge in [0.25, 0.3) is 5.91 Å². The Balaban J connectivity index is 1.69. The summed E-state index contributed by atoms with van der Waals surface area (Å²) in [6.45, 7) is 3.99. The number of fused-ring (bicyclic) bond motifs is 1. The van der Waals surface area contributed by atoms with Gasteiger partial charge < -0.3 is 21.1 Å². The molecule has 4 aromatic rings. The molecule has 0 spiro atoms. The van der Waals surface area contributed by atoms with Crippen LogP contribution in [-0.2, 0) is 6.54 Å². The predicted molar refractivity (Wildman–Crippen MR) is 116 cm³/mol. The summed E-state index contributed by atoms with van der Waals surface area (Å²) in [6, 6.07) is 12.1. The minimum Gasteiger partial charge on any atom is -0.423 e. The summed E-state index contributed by atoms with van der Waals surface area (Å²) in [5.74, 6) is 0.312. The zero-order valence-corrected chi connectivity index (χ0v) is 16.9. The summed E-state index contributed by atoms with van der Waals surface area (Å²) in [6.07, 6.45) is 0. The third-order valence-electron chi connectivity index (χ3n) is 4.87. The highest BCUT2D eigenvalue weighted by Gasteiger charge is 2.19. The number of aromatic nitrogens is 5. The van der Waals surface area contributed by atoms with Crippen LogP contribution >= 0.6 is 0 Å². The molecule has 0 bridgehead atoms. The van der Waals surface area contributed by atoms with Gasteiger partial charge in [-0.1, -0.05) is 30.3 Å². The topological polar surface area (TPSA) is 152 Å². The van der Waals surface area contributed by atoms with Crippen LogP contribution in [0.2, 0.25) is 0 Å². The van der Waals surface area contributed by atoms with Crippen LogP contribution in [0, 0.1) is 13.8 Å². The third-order valence-corrected chi connectivity index (χ3v) is 4.87. The lowest BCUT2D eigenvalue weighted by atomic mass is 9.80. The van der Waals surface area contributed by atoms with Gasteiger partial charge in [-0.15, -0.1) is 10.2 Å². The quantitative estimate of drug-likeness (QED) is 0.325. The molecule has 3 aromatic heterocycles. The highest BCUT2D eigenvalue weighted by molar-refractivity contribution is 6.58. The van der Waals surface area contributed by atoms with Crippen molar-refractivity contribution in [1.29, 1.82) is 0 Å². The van der Waals surface area contributed by atoms with E-state index in [-0.39, 0.29) is 5.69 Å². The first-order valence-corrected chi connectivity index (χ1v) is 9.54. The number of nitrogens with zero attached hydrogens (tertiary/aromatic N) is 5. The monoisotopic (exact) mass is 417 g/mol. The van der Waals surface area contributed by atoms with Crippen LogP contribution in [0.1, 0.15) is 27.4 Å². The number of hydrogen-bond acceptors (Lipinski definition) is 8. The maximum Gasteiger partial charge on any atom is 0.488 e. The fourth-order valence-electron chi connectivity index (χ4n) is 3.35. The molecule has 0 saturated heterocycles. The minimum atomic E-state index is -1.53. The first-order valence-electron chi connectivity index (χ1n) is 9.54. The number of benzene rings is 1. The van der Waals surface area contributed by atoms with E-state index < -0.39 is 13.0 Å². The van der Waals surface area contributed by atoms with E-state index in [1.54, 1.807) is 44.2 Å². The van der Waals surface area contributed by atoms with Gasteiger partial charge >= 0.3 is 7.12 Å². The second-order valence-electron chi connectivity index (χ2n) is 7.07. The Hall–Kier alpha value is -3.83. The Labute approximate surface area is 177 Å². The van der Waals surface area contributed by atoms with Gasteiger partial charge in [-0.3, -0.25) is 4.79 Å². The van der Waals surface area contributed by atoms with Crippen LogP contribution in [0.5, 0.6) is 0 Å². The third kappa shape index (κ3) is 3.96. The average Bonchev–Trinajstić information content (AvgIpc) is 3.09. The second kappa shape index (κ2) is 8.13. The second-order valence-corrected chi connectivity index (χ2v) is 7.07. The summed E-state index contributed by atoms with van der Waals surface area (Å²) in [4.78, 5) is 16.4. The standard InChI is InChI=1S/C20H20BN7O3/c1-11-17(15-7-4-8-16(18(22)29)28(15)27-11)20-24-19(12(2)25-26-20)23-10-13-5-3-6-14(9-13)21(30)31/h3-9,30-31H,10H2,1-2H3,(H2,22,29)(H,23,24,26). The van der Waals surface area contributed by atoms with E-state index in [0.717, 1.165) is 5.56 Å². The number of anilines is 1. The van der Waals surface area contributed by atoms with Gasteiger partial charge in [0.1, 0.15) is 11.4 Å². The summed E-state index contributed by atoms with van der Waals surface area (Å²) in [7, 11) is -1.53. The summed E-state index contributed by atoms with van der Waals surface area (Å²) in [5, 5.41) is 34.8. The molecule has 0 saturated carbocycles. The number of aryl methyl sites for hydroxylation is 2. The summed E-state index contributed by atoms with van der Waals surface area (Å²) in [5.41, 5.74) is 9.52. The molecule has 3 heterocycles. The lowest BCUT2D eigenvalue weighted by Gasteiger charge is -2.10. The molecule has 156 valence electrons. The summed E-state index contributed by atoms with van der Waals surface area (Å²) < 4.78 is 1.48. The molecule has 31 heavy (non-hydrogen) atoms. The Morgan fingerprint density at radius 1 is 1.13 bits per heavy atom. The van der Waals surface area contributed by atoms with Crippen molar-refractivity contribution in [2.45, 2.75) is 20.4 Å². The molecule has 10 nitrogen and oxygen atoms in total. The number of carbonyl (C=O) groups is 1. The van der Waals surface area contributed by atoms with Crippen LogP contribution in [0.25, 0.3) is 16.9 Å². The maximum absolute atomic E-state index is 11.7. The van der Waals surface area contributed by atoms with E-state index >= 15 is 0 Å². The van der Waals surface area contributed by atoms with E-state index in [2.05, 4.69) is 25.6 Å². The number of hydrogen-bond donors (Lipinski definition) is 4. The first kappa shape index (κ1) is 20.4. The van der Waals surface area contributed by atoms with E-state index in [0.29, 0.717) is 46.1 Å². The minimum absolute atomic E-state index is 0.260. The van der Waals surface area contributed by atoms with Crippen molar-refractivity contribution in [2.24, 2.45) is 5.73 Å². The predicted octanol–water partition coefficient (Wildman–Crippen LogP) is 0.194. The van der Waals surface area contributed by atoms with Crippen molar-refractivity contribution in [3.05, 3.63) is 65.1 Å². The van der Waals surface area contributed by atoms with Gasteiger partial charge in [-0.2, -0.15) is 5.10 Å². The molecular formula is C20H20BN7O3. The van der Waals surface area contributed by atoms with Crippen LogP contribution in [0.3, 0.4) is 0 Å². The highest BCUT2D eigenvalue weighted by atomic mass is 16.4. The van der Waals surface area contributed by atoms with Crippen LogP contribution in [0.15, 0.2) is 42.5 Å². The van der Waals surface area contributed by atoms with Gasteiger partial charge in [-0.05, 0) is 37.0 Å². The van der Waals surface area contributed by atoms with Crippen molar-refractivity contribution in [1.82, 2.24) is 24.8 Å². The van der Waals surface area contributed by atoms with Crippen molar-refractivity contribution < 1.29 is 14.8 Å². The lowest BCUT2D eigenvalue weighted by Crippen LogP contribution is -2.30. The van der Waals surface area contributed by atoms with Crippen LogP contribution in [0.4, 0.5) is 5.82 Å². The van der Waals surface area contributed by atoms with Crippen molar-refractivity contribution >= 4 is 29.8 Å². The Morgan fingerprint density at radius 3 is 2.65 bits per heavy atom. The highest BCUT2D eigenvalue weighted by Crippen LogP contribution is 2.27. The van der Waals surface area contributed by atoms with Crippen molar-refractivity contribution in [2.75, 3.05) is 5.32 Å². The van der Waals surface area contributed by atoms with Crippen molar-refractivity contribution in [3.63, 3.8) is 0 Å². The molecule has 0 aliphatic rings. The molecule has 5 N–H and O–H groups in total. The molecule has 0 fully saturated rings. The number of nitrogens with two attached hydrogens (primary N) is 1. The smallest absolute Gasteiger partial charge is 0.423 e. The number of nitrogens with one attached hydrogen (secondary N) is 1. The number of carbonyl (C=O) groups excluding carboxylic acids is 1. The zero-order valence-electron chi connectivity index (χ0n) is 16.9. The Bertz CT molecular complexity index is 1290. The molecular weight excluding hydrogens is 397 g/mol. The van der Waals surface area contributed by atoms with E-state index in [1.807, 2.05) is 12.1 Å². The average molecular weight is 417 g/mol. The maximum atomic E-state index is 11.7. The first-order chi connectivity index (χ1) is 14.8. The van der Waals surface area contributed by atoms with E-state index in [4.69, 9.17) is 5.73 Å². The number of rotatable bonds is 6. The number of amides is 1. The zero-order chi connectivity index (χ0) is 22.1.